The number of nitrogens with one attached hydrogen (secondary N) is 2. The lowest BCUT2D eigenvalue weighted by Gasteiger charge is -2.28. The monoisotopic (exact) mass is 586 g/mol. The Morgan fingerprint density at radius 1 is 1.05 bits per heavy atom. The lowest BCUT2D eigenvalue weighted by molar-refractivity contribution is 0.0378. The van der Waals surface area contributed by atoms with Gasteiger partial charge in [0.1, 0.15) is 16.8 Å². The number of morpholine rings is 1. The molecule has 1 fully saturated rings. The second-order valence-electron chi connectivity index (χ2n) is 11.5. The molecular formula is C34H39FN4O4. The van der Waals surface area contributed by atoms with Crippen LogP contribution in [0.1, 0.15) is 56.3 Å². The fraction of sp³-hybridized carbons (Fsp3) is 0.412. The molecular weight excluding hydrogens is 547 g/mol. The molecule has 6 rings (SSSR count). The highest BCUT2D eigenvalue weighted by Gasteiger charge is 2.29. The molecule has 0 radical (unpaired) electrons. The van der Waals surface area contributed by atoms with E-state index in [1.807, 2.05) is 41.0 Å². The summed E-state index contributed by atoms with van der Waals surface area (Å²) < 4.78 is 29.5. The summed E-state index contributed by atoms with van der Waals surface area (Å²) in [7, 11) is 0. The molecule has 1 aromatic heterocycles. The van der Waals surface area contributed by atoms with E-state index in [-0.39, 0.29) is 28.4 Å². The van der Waals surface area contributed by atoms with Crippen molar-refractivity contribution in [1.29, 1.82) is 0 Å². The first kappa shape index (κ1) is 29.1. The zero-order valence-electron chi connectivity index (χ0n) is 24.9. The van der Waals surface area contributed by atoms with Gasteiger partial charge in [-0.15, -0.1) is 0 Å². The third-order valence-corrected chi connectivity index (χ3v) is 8.41. The SMILES string of the molecule is CCCC(CCC)NC(=O)c1cn2c3c(c(NCCCN4CCOCC4)c(F)cc3c1=O)Oc1cc3ccccc3cc1-2. The highest BCUT2D eigenvalue weighted by molar-refractivity contribution is 6.02. The number of ether oxygens (including phenoxy) is 2. The van der Waals surface area contributed by atoms with E-state index in [4.69, 9.17) is 9.47 Å². The summed E-state index contributed by atoms with van der Waals surface area (Å²) in [6.07, 6.45) is 5.88. The number of anilines is 1. The number of hydrogen-bond donors (Lipinski definition) is 2. The van der Waals surface area contributed by atoms with Crippen LogP contribution in [0.2, 0.25) is 0 Å². The molecule has 4 aromatic rings. The molecule has 0 bridgehead atoms. The van der Waals surface area contributed by atoms with Crippen LogP contribution < -0.4 is 20.8 Å². The number of rotatable bonds is 11. The van der Waals surface area contributed by atoms with Gasteiger partial charge in [0.15, 0.2) is 17.3 Å². The lowest BCUT2D eigenvalue weighted by atomic mass is 10.0. The summed E-state index contributed by atoms with van der Waals surface area (Å²) in [4.78, 5) is 29.7. The molecule has 43 heavy (non-hydrogen) atoms. The van der Waals surface area contributed by atoms with Gasteiger partial charge >= 0.3 is 0 Å². The normalized spacial score (nSPS) is 14.6. The molecule has 2 N–H and O–H groups in total. The molecule has 3 aromatic carbocycles. The quantitative estimate of drug-likeness (QED) is 0.179. The molecule has 2 aliphatic heterocycles. The van der Waals surface area contributed by atoms with E-state index < -0.39 is 17.2 Å². The summed E-state index contributed by atoms with van der Waals surface area (Å²) in [6, 6.07) is 13.0. The van der Waals surface area contributed by atoms with Gasteiger partial charge in [0, 0.05) is 31.9 Å². The maximum Gasteiger partial charge on any atom is 0.257 e. The molecule has 1 saturated heterocycles. The number of hydrogen-bond acceptors (Lipinski definition) is 6. The fourth-order valence-electron chi connectivity index (χ4n) is 6.22. The van der Waals surface area contributed by atoms with E-state index >= 15 is 4.39 Å². The Labute approximate surface area is 250 Å². The van der Waals surface area contributed by atoms with E-state index in [0.29, 0.717) is 23.5 Å². The summed E-state index contributed by atoms with van der Waals surface area (Å²) >= 11 is 0. The Morgan fingerprint density at radius 2 is 1.77 bits per heavy atom. The summed E-state index contributed by atoms with van der Waals surface area (Å²) in [6.45, 7) is 8.79. The molecule has 0 atom stereocenters. The third kappa shape index (κ3) is 5.84. The van der Waals surface area contributed by atoms with Gasteiger partial charge in [0.25, 0.3) is 5.91 Å². The Bertz CT molecular complexity index is 1710. The minimum Gasteiger partial charge on any atom is -0.451 e. The van der Waals surface area contributed by atoms with E-state index in [1.54, 1.807) is 6.20 Å². The van der Waals surface area contributed by atoms with Crippen LogP contribution in [-0.2, 0) is 4.74 Å². The first-order valence-corrected chi connectivity index (χ1v) is 15.5. The van der Waals surface area contributed by atoms with Gasteiger partial charge in [-0.05, 0) is 54.8 Å². The van der Waals surface area contributed by atoms with Crippen molar-refractivity contribution in [2.24, 2.45) is 0 Å². The van der Waals surface area contributed by atoms with Crippen LogP contribution in [0.5, 0.6) is 11.5 Å². The number of aromatic nitrogens is 1. The van der Waals surface area contributed by atoms with Crippen LogP contribution in [0.4, 0.5) is 10.1 Å². The average molecular weight is 587 g/mol. The zero-order valence-corrected chi connectivity index (χ0v) is 24.9. The highest BCUT2D eigenvalue weighted by atomic mass is 19.1. The Kier molecular flexibility index (Phi) is 8.63. The standard InChI is InChI=1S/C34H39FN4O4/c1-3-8-24(9-4-2)37-34(41)26-21-39-28-18-22-10-5-6-11-23(22)19-29(28)43-33-30(27(35)20-25(31(33)39)32(26)40)36-12-7-13-38-14-16-42-17-15-38/h5-6,10-11,18-21,24,36H,3-4,7-9,12-17H2,1-2H3,(H,37,41). The second kappa shape index (κ2) is 12.7. The van der Waals surface area contributed by atoms with Crippen molar-refractivity contribution in [2.75, 3.05) is 44.7 Å². The molecule has 0 unspecified atom stereocenters. The number of amides is 1. The maximum absolute atomic E-state index is 15.8. The van der Waals surface area contributed by atoms with Crippen LogP contribution in [0, 0.1) is 5.82 Å². The molecule has 1 amide bonds. The predicted octanol–water partition coefficient (Wildman–Crippen LogP) is 6.22. The smallest absolute Gasteiger partial charge is 0.257 e. The summed E-state index contributed by atoms with van der Waals surface area (Å²) in [5.74, 6) is -0.250. The third-order valence-electron chi connectivity index (χ3n) is 8.41. The molecule has 226 valence electrons. The van der Waals surface area contributed by atoms with Crippen LogP contribution >= 0.6 is 0 Å². The Hall–Kier alpha value is -3.95. The first-order chi connectivity index (χ1) is 21.0. The number of fused-ring (bicyclic) bond motifs is 3. The van der Waals surface area contributed by atoms with Crippen molar-refractivity contribution >= 4 is 33.3 Å². The van der Waals surface area contributed by atoms with E-state index in [0.717, 1.165) is 75.7 Å². The summed E-state index contributed by atoms with van der Waals surface area (Å²) in [5.41, 5.74) is 0.822. The van der Waals surface area contributed by atoms with Gasteiger partial charge in [-0.2, -0.15) is 0 Å². The predicted molar refractivity (Wildman–Crippen MR) is 169 cm³/mol. The van der Waals surface area contributed by atoms with Crippen molar-refractivity contribution in [3.63, 3.8) is 0 Å². The van der Waals surface area contributed by atoms with Crippen LogP contribution in [-0.4, -0.2) is 60.8 Å². The van der Waals surface area contributed by atoms with Crippen LogP contribution in [0.15, 0.2) is 53.5 Å². The van der Waals surface area contributed by atoms with Crippen molar-refractivity contribution in [3.05, 3.63) is 70.3 Å². The van der Waals surface area contributed by atoms with Gasteiger partial charge in [0.05, 0.1) is 24.3 Å². The second-order valence-corrected chi connectivity index (χ2v) is 11.5. The molecule has 9 heteroatoms. The van der Waals surface area contributed by atoms with Gasteiger partial charge in [-0.1, -0.05) is 51.0 Å². The fourth-order valence-corrected chi connectivity index (χ4v) is 6.22. The molecule has 0 saturated carbocycles. The topological polar surface area (TPSA) is 84.8 Å². The highest BCUT2D eigenvalue weighted by Crippen LogP contribution is 2.46. The van der Waals surface area contributed by atoms with Crippen molar-refractivity contribution in [2.45, 2.75) is 52.0 Å². The lowest BCUT2D eigenvalue weighted by Crippen LogP contribution is -2.37. The number of benzene rings is 3. The van der Waals surface area contributed by atoms with Gasteiger partial charge < -0.3 is 24.7 Å². The van der Waals surface area contributed by atoms with E-state index in [2.05, 4.69) is 29.4 Å². The van der Waals surface area contributed by atoms with Crippen molar-refractivity contribution < 1.29 is 18.7 Å². The van der Waals surface area contributed by atoms with Crippen LogP contribution in [0.3, 0.4) is 0 Å². The van der Waals surface area contributed by atoms with Gasteiger partial charge in [0.2, 0.25) is 5.43 Å². The Morgan fingerprint density at radius 3 is 2.49 bits per heavy atom. The van der Waals surface area contributed by atoms with E-state index in [9.17, 15) is 9.59 Å². The van der Waals surface area contributed by atoms with Gasteiger partial charge in [-0.3, -0.25) is 14.5 Å². The first-order valence-electron chi connectivity index (χ1n) is 15.5. The minimum atomic E-state index is -0.589. The van der Waals surface area contributed by atoms with Crippen molar-refractivity contribution in [3.8, 4) is 17.2 Å². The van der Waals surface area contributed by atoms with Crippen molar-refractivity contribution in [1.82, 2.24) is 14.8 Å². The molecule has 2 aliphatic rings. The number of carbonyl (C=O) groups is 1. The van der Waals surface area contributed by atoms with Gasteiger partial charge in [-0.25, -0.2) is 4.39 Å². The molecule has 3 heterocycles. The number of carbonyl (C=O) groups excluding carboxylic acids is 1. The average Bonchev–Trinajstić information content (AvgIpc) is 3.01. The largest absolute Gasteiger partial charge is 0.451 e. The zero-order chi connectivity index (χ0) is 29.9. The molecule has 8 nitrogen and oxygen atoms in total. The number of halogens is 1. The Balaban J connectivity index is 1.43. The molecule has 0 aliphatic carbocycles. The summed E-state index contributed by atoms with van der Waals surface area (Å²) in [5, 5.41) is 8.38. The maximum atomic E-state index is 15.8. The van der Waals surface area contributed by atoms with Crippen LogP contribution in [0.25, 0.3) is 27.4 Å². The molecule has 0 spiro atoms. The van der Waals surface area contributed by atoms with E-state index in [1.165, 1.54) is 6.07 Å². The number of nitrogens with zero attached hydrogens (tertiary/aromatic N) is 2. The number of pyridine rings is 1. The minimum absolute atomic E-state index is 0.0118.